The minimum atomic E-state index is -0.677. The van der Waals surface area contributed by atoms with Crippen molar-refractivity contribution in [3.05, 3.63) is 327 Å². The molecule has 2 aliphatic heterocycles. The van der Waals surface area contributed by atoms with Crippen LogP contribution in [0.5, 0.6) is 23.0 Å². The molecular formula is C76H48N2O6. The van der Waals surface area contributed by atoms with Gasteiger partial charge in [-0.25, -0.2) is 4.90 Å². The van der Waals surface area contributed by atoms with Crippen LogP contribution in [0, 0.1) is 6.92 Å². The third-order valence-corrected chi connectivity index (χ3v) is 17.8. The predicted octanol–water partition coefficient (Wildman–Crippen LogP) is 16.6. The van der Waals surface area contributed by atoms with Crippen LogP contribution in [0.15, 0.2) is 255 Å². The first kappa shape index (κ1) is 48.9. The molecule has 0 saturated carbocycles. The highest BCUT2D eigenvalue weighted by atomic mass is 16.5. The summed E-state index contributed by atoms with van der Waals surface area (Å²) in [6, 6.07) is 86.5. The molecule has 84 heavy (non-hydrogen) atoms. The van der Waals surface area contributed by atoms with Crippen molar-refractivity contribution in [2.75, 3.05) is 11.9 Å². The van der Waals surface area contributed by atoms with Crippen LogP contribution in [0.25, 0.3) is 43.8 Å². The molecule has 0 aromatic heterocycles. The monoisotopic (exact) mass is 1080 g/mol. The molecule has 0 atom stereocenters. The molecule has 0 fully saturated rings. The van der Waals surface area contributed by atoms with Crippen molar-refractivity contribution in [1.82, 2.24) is 4.90 Å². The average Bonchev–Trinajstić information content (AvgIpc) is 1.71. The van der Waals surface area contributed by atoms with Crippen LogP contribution in [0.3, 0.4) is 0 Å². The molecule has 16 rings (SSSR count). The molecule has 0 spiro atoms. The Hall–Kier alpha value is -11.0. The zero-order chi connectivity index (χ0) is 56.6. The van der Waals surface area contributed by atoms with Gasteiger partial charge < -0.3 is 9.47 Å². The number of fused-ring (bicyclic) bond motifs is 10. The normalized spacial score (nSPS) is 14.8. The summed E-state index contributed by atoms with van der Waals surface area (Å²) in [6.45, 7) is 2.10. The zero-order valence-electron chi connectivity index (χ0n) is 45.6. The summed E-state index contributed by atoms with van der Waals surface area (Å²) in [4.78, 5) is 56.3. The SMILES string of the molecule is Cc1ccc(C2(c3ccc(N4C(=O)c5ccc(Oc6ccc7cc(C8(c9ccc%10cc(Oc%11ccc%12c(c%11)C(=O)N(C)C%12=O)ccc%10c9)c9ccccc9-c9ccccc98)ccc7c6)cc5C4=O)cc3)c3ccccc3-c3ccccc32)cc1. The first-order valence-electron chi connectivity index (χ1n) is 28.1. The number of benzene rings is 12. The van der Waals surface area contributed by atoms with Gasteiger partial charge in [0.25, 0.3) is 23.6 Å². The van der Waals surface area contributed by atoms with E-state index in [9.17, 15) is 19.2 Å². The van der Waals surface area contributed by atoms with Crippen molar-refractivity contribution >= 4 is 50.9 Å². The lowest BCUT2D eigenvalue weighted by atomic mass is 9.67. The average molecular weight is 1090 g/mol. The van der Waals surface area contributed by atoms with Crippen LogP contribution in [0.1, 0.15) is 91.5 Å². The summed E-state index contributed by atoms with van der Waals surface area (Å²) in [5, 5.41) is 4.01. The third kappa shape index (κ3) is 7.01. The third-order valence-electron chi connectivity index (χ3n) is 17.8. The van der Waals surface area contributed by atoms with Crippen molar-refractivity contribution in [2.24, 2.45) is 0 Å². The van der Waals surface area contributed by atoms with E-state index >= 15 is 0 Å². The van der Waals surface area contributed by atoms with E-state index in [0.29, 0.717) is 45.4 Å². The molecule has 0 N–H and O–H groups in total. The zero-order valence-corrected chi connectivity index (χ0v) is 45.6. The van der Waals surface area contributed by atoms with E-state index in [0.717, 1.165) is 48.7 Å². The lowest BCUT2D eigenvalue weighted by Crippen LogP contribution is -2.30. The Kier molecular flexibility index (Phi) is 10.6. The summed E-state index contributed by atoms with van der Waals surface area (Å²) in [7, 11) is 1.49. The number of hydrogen-bond acceptors (Lipinski definition) is 6. The van der Waals surface area contributed by atoms with E-state index < -0.39 is 16.7 Å². The first-order chi connectivity index (χ1) is 41.1. The van der Waals surface area contributed by atoms with Gasteiger partial charge in [-0.1, -0.05) is 175 Å². The number of aryl methyl sites for hydroxylation is 1. The maximum atomic E-state index is 14.4. The van der Waals surface area contributed by atoms with Crippen molar-refractivity contribution in [1.29, 1.82) is 0 Å². The number of rotatable bonds is 9. The quantitative estimate of drug-likeness (QED) is 0.134. The molecule has 12 aromatic rings. The largest absolute Gasteiger partial charge is 0.457 e. The standard InChI is InChI=1S/C76H48N2O6/c1-45-19-25-50(26-20-45)75(67-15-7-3-11-59(67)60-12-4-8-16-68(60)75)51-29-31-54(32-30-51)78-73(81)64-38-36-58(44-66(64)74(78)82)84-56-34-24-47-40-53(28-22-49(47)42-56)76(69-17-9-5-13-61(69)62-14-6-10-18-70(62)76)52-27-21-48-41-55(33-23-46(48)39-52)83-57-35-37-63-65(43-57)72(80)77(2)71(63)79/h3-44H,1-2H3. The van der Waals surface area contributed by atoms with E-state index in [-0.39, 0.29) is 23.3 Å². The summed E-state index contributed by atoms with van der Waals surface area (Å²) in [5.41, 5.74) is 15.6. The smallest absolute Gasteiger partial charge is 0.266 e. The van der Waals surface area contributed by atoms with Gasteiger partial charge >= 0.3 is 0 Å². The Morgan fingerprint density at radius 1 is 0.298 bits per heavy atom. The van der Waals surface area contributed by atoms with Gasteiger partial charge in [-0.05, 0) is 180 Å². The van der Waals surface area contributed by atoms with Crippen LogP contribution < -0.4 is 14.4 Å². The van der Waals surface area contributed by atoms with Crippen molar-refractivity contribution < 1.29 is 28.7 Å². The molecule has 0 saturated heterocycles. The fraction of sp³-hybridized carbons (Fsp3) is 0.0526. The topological polar surface area (TPSA) is 93.2 Å². The number of anilines is 1. The van der Waals surface area contributed by atoms with Crippen LogP contribution in [0.2, 0.25) is 0 Å². The Labute approximate surface area is 484 Å². The highest BCUT2D eigenvalue weighted by Crippen LogP contribution is 2.58. The Balaban J connectivity index is 0.698. The van der Waals surface area contributed by atoms with E-state index in [2.05, 4.69) is 189 Å². The summed E-state index contributed by atoms with van der Waals surface area (Å²) in [6.07, 6.45) is 0. The van der Waals surface area contributed by atoms with Crippen LogP contribution in [0.4, 0.5) is 5.69 Å². The molecule has 4 amide bonds. The first-order valence-corrected chi connectivity index (χ1v) is 28.1. The minimum absolute atomic E-state index is 0.285. The Morgan fingerprint density at radius 2 is 0.631 bits per heavy atom. The van der Waals surface area contributed by atoms with Gasteiger partial charge in [0.15, 0.2) is 0 Å². The van der Waals surface area contributed by atoms with Crippen molar-refractivity contribution in [3.8, 4) is 45.3 Å². The maximum Gasteiger partial charge on any atom is 0.266 e. The Bertz CT molecular complexity index is 4780. The van der Waals surface area contributed by atoms with E-state index in [1.807, 2.05) is 36.4 Å². The highest BCUT2D eigenvalue weighted by molar-refractivity contribution is 6.34. The number of imide groups is 2. The van der Waals surface area contributed by atoms with Crippen LogP contribution >= 0.6 is 0 Å². The van der Waals surface area contributed by atoms with E-state index in [4.69, 9.17) is 9.47 Å². The minimum Gasteiger partial charge on any atom is -0.457 e. The van der Waals surface area contributed by atoms with Gasteiger partial charge in [-0.3, -0.25) is 24.1 Å². The second-order valence-corrected chi connectivity index (χ2v) is 22.3. The van der Waals surface area contributed by atoms with Gasteiger partial charge in [0.1, 0.15) is 23.0 Å². The summed E-state index contributed by atoms with van der Waals surface area (Å²) >= 11 is 0. The molecule has 4 aliphatic rings. The van der Waals surface area contributed by atoms with E-state index in [1.165, 1.54) is 62.0 Å². The fourth-order valence-corrected chi connectivity index (χ4v) is 13.9. The number of carbonyl (C=O) groups excluding carboxylic acids is 4. The number of ether oxygens (including phenoxy) is 2. The molecule has 2 heterocycles. The summed E-state index contributed by atoms with van der Waals surface area (Å²) in [5.74, 6) is 0.675. The molecule has 8 heteroatoms. The number of nitrogens with zero attached hydrogens (tertiary/aromatic N) is 2. The molecule has 398 valence electrons. The van der Waals surface area contributed by atoms with Gasteiger partial charge in [0.05, 0.1) is 38.8 Å². The Morgan fingerprint density at radius 3 is 1.11 bits per heavy atom. The van der Waals surface area contributed by atoms with Gasteiger partial charge in [0, 0.05) is 7.05 Å². The molecule has 8 nitrogen and oxygen atoms in total. The molecule has 12 aromatic carbocycles. The van der Waals surface area contributed by atoms with Crippen molar-refractivity contribution in [2.45, 2.75) is 17.8 Å². The molecule has 2 aliphatic carbocycles. The molecular weight excluding hydrogens is 1040 g/mol. The van der Waals surface area contributed by atoms with Crippen molar-refractivity contribution in [3.63, 3.8) is 0 Å². The highest BCUT2D eigenvalue weighted by Gasteiger charge is 2.48. The van der Waals surface area contributed by atoms with Gasteiger partial charge in [-0.15, -0.1) is 0 Å². The van der Waals surface area contributed by atoms with Gasteiger partial charge in [-0.2, -0.15) is 0 Å². The van der Waals surface area contributed by atoms with Gasteiger partial charge in [0.2, 0.25) is 0 Å². The number of hydrogen-bond donors (Lipinski definition) is 0. The molecule has 0 radical (unpaired) electrons. The van der Waals surface area contributed by atoms with Crippen LogP contribution in [-0.4, -0.2) is 35.6 Å². The van der Waals surface area contributed by atoms with E-state index in [1.54, 1.807) is 36.4 Å². The summed E-state index contributed by atoms with van der Waals surface area (Å²) < 4.78 is 12.8. The lowest BCUT2D eigenvalue weighted by molar-refractivity contribution is 0.0692. The molecule has 0 bridgehead atoms. The maximum absolute atomic E-state index is 14.4. The second-order valence-electron chi connectivity index (χ2n) is 22.3. The second kappa shape index (κ2) is 18.3. The lowest BCUT2D eigenvalue weighted by Gasteiger charge is -2.34. The number of amides is 4. The number of carbonyl (C=O) groups is 4. The van der Waals surface area contributed by atoms with Crippen LogP contribution in [-0.2, 0) is 10.8 Å². The fourth-order valence-electron chi connectivity index (χ4n) is 13.9. The predicted molar refractivity (Wildman–Crippen MR) is 328 cm³/mol. The molecule has 0 unspecified atom stereocenters.